The Bertz CT molecular complexity index is 280. The normalized spacial score (nSPS) is 9.21. The number of aliphatic carboxylic acids is 4. The van der Waals surface area contributed by atoms with Gasteiger partial charge in [-0.3, -0.25) is 19.2 Å². The minimum absolute atomic E-state index is 0. The van der Waals surface area contributed by atoms with Crippen LogP contribution in [0.2, 0.25) is 0 Å². The summed E-state index contributed by atoms with van der Waals surface area (Å²) >= 11 is 0. The van der Waals surface area contributed by atoms with Crippen molar-refractivity contribution >= 4 is 23.9 Å². The topological polar surface area (TPSA) is 175 Å². The zero-order chi connectivity index (χ0) is 15.3. The number of carbonyl (C=O) groups is 4. The summed E-state index contributed by atoms with van der Waals surface area (Å²) in [6.07, 6.45) is -0.224. The van der Waals surface area contributed by atoms with Gasteiger partial charge in [0.05, 0.1) is 0 Å². The largest absolute Gasteiger partial charge is 1.00 e. The van der Waals surface area contributed by atoms with Crippen molar-refractivity contribution in [1.82, 2.24) is 0 Å². The van der Waals surface area contributed by atoms with E-state index in [0.29, 0.717) is 0 Å². The van der Waals surface area contributed by atoms with Gasteiger partial charge in [0.1, 0.15) is 6.04 Å². The van der Waals surface area contributed by atoms with E-state index < -0.39 is 29.9 Å². The third-order valence-electron chi connectivity index (χ3n) is 0.986. The summed E-state index contributed by atoms with van der Waals surface area (Å²) in [5.74, 6) is -3.86. The summed E-state index contributed by atoms with van der Waals surface area (Å²) in [7, 11) is 0. The molecule has 1 atom stereocenters. The molecule has 0 radical (unpaired) electrons. The number of rotatable bonds is 4. The average molecular weight is 307 g/mol. The molecule has 0 saturated heterocycles. The zero-order valence-corrected chi connectivity index (χ0v) is 14.1. The fourth-order valence-electron chi connectivity index (χ4n) is 0.402. The molecule has 0 aromatic rings. The third-order valence-corrected chi connectivity index (χ3v) is 0.986. The van der Waals surface area contributed by atoms with Gasteiger partial charge in [-0.05, 0) is 6.42 Å². The Kier molecular flexibility index (Phi) is 24.8. The summed E-state index contributed by atoms with van der Waals surface area (Å²) in [5, 5.41) is 31.1. The van der Waals surface area contributed by atoms with Crippen LogP contribution >= 0.6 is 0 Å². The molecule has 0 saturated carbocycles. The first-order chi connectivity index (χ1) is 8.00. The maximum Gasteiger partial charge on any atom is 1.00 e. The van der Waals surface area contributed by atoms with E-state index in [1.165, 1.54) is 0 Å². The van der Waals surface area contributed by atoms with E-state index >= 15 is 0 Å². The van der Waals surface area contributed by atoms with Crippen molar-refractivity contribution < 1.29 is 92.4 Å². The fraction of sp³-hybridized carbons (Fsp3) is 0.556. The average Bonchev–Trinajstić information content (AvgIpc) is 2.11. The Morgan fingerprint density at radius 3 is 1.42 bits per heavy atom. The summed E-state index contributed by atoms with van der Waals surface area (Å²) < 4.78 is 0. The molecule has 0 aromatic carbocycles. The van der Waals surface area contributed by atoms with Crippen molar-refractivity contribution in [1.29, 1.82) is 0 Å². The number of hydrogen-bond acceptors (Lipinski definition) is 5. The first-order valence-electron chi connectivity index (χ1n) is 4.59. The van der Waals surface area contributed by atoms with Gasteiger partial charge in [0.15, 0.2) is 0 Å². The molecule has 0 rings (SSSR count). The van der Waals surface area contributed by atoms with Crippen molar-refractivity contribution in [2.24, 2.45) is 5.73 Å². The Labute approximate surface area is 153 Å². The van der Waals surface area contributed by atoms with Gasteiger partial charge in [0.25, 0.3) is 11.9 Å². The molecular formula is C9H18KNO8. The Morgan fingerprint density at radius 2 is 1.26 bits per heavy atom. The van der Waals surface area contributed by atoms with Crippen LogP contribution < -0.4 is 57.1 Å². The number of nitrogens with two attached hydrogens (primary N) is 1. The van der Waals surface area contributed by atoms with Crippen molar-refractivity contribution in [2.75, 3.05) is 0 Å². The summed E-state index contributed by atoms with van der Waals surface area (Å²) in [6, 6.07) is -1.06. The Morgan fingerprint density at radius 1 is 1.00 bits per heavy atom. The number of carboxylic acids is 4. The van der Waals surface area contributed by atoms with Crippen molar-refractivity contribution in [3.8, 4) is 0 Å². The second kappa shape index (κ2) is 17.5. The fourth-order valence-corrected chi connectivity index (χ4v) is 0.402. The molecule has 108 valence electrons. The molecule has 0 aromatic heterocycles. The van der Waals surface area contributed by atoms with Crippen molar-refractivity contribution in [3.63, 3.8) is 0 Å². The Hall–Kier alpha value is -0.524. The van der Waals surface area contributed by atoms with E-state index in [2.05, 4.69) is 0 Å². The van der Waals surface area contributed by atoms with Crippen LogP contribution in [0.5, 0.6) is 0 Å². The molecule has 0 spiro atoms. The third kappa shape index (κ3) is 58.3. The van der Waals surface area contributed by atoms with Gasteiger partial charge in [-0.2, -0.15) is 0 Å². The zero-order valence-electron chi connectivity index (χ0n) is 12.0. The molecule has 0 amide bonds. The van der Waals surface area contributed by atoms with Crippen LogP contribution in [0.15, 0.2) is 0 Å². The molecule has 0 fully saturated rings. The summed E-state index contributed by atoms with van der Waals surface area (Å²) in [4.78, 5) is 37.9. The predicted octanol–water partition coefficient (Wildman–Crippen LogP) is -3.44. The minimum atomic E-state index is -1.17. The van der Waals surface area contributed by atoms with Crippen LogP contribution in [0.3, 0.4) is 0 Å². The van der Waals surface area contributed by atoms with Crippen LogP contribution in [-0.4, -0.2) is 50.3 Å². The molecule has 0 aliphatic heterocycles. The predicted molar refractivity (Wildman–Crippen MR) is 60.2 cm³/mol. The van der Waals surface area contributed by atoms with Gasteiger partial charge in [-0.1, -0.05) is 0 Å². The molecule has 0 bridgehead atoms. The van der Waals surface area contributed by atoms with Gasteiger partial charge < -0.3 is 27.6 Å². The van der Waals surface area contributed by atoms with E-state index in [1.807, 2.05) is 0 Å². The molecule has 0 aliphatic rings. The summed E-state index contributed by atoms with van der Waals surface area (Å²) in [5.41, 5.74) is 5.00. The molecular weight excluding hydrogens is 289 g/mol. The second-order valence-corrected chi connectivity index (χ2v) is 2.92. The van der Waals surface area contributed by atoms with Gasteiger partial charge in [-0.15, -0.1) is 0 Å². The van der Waals surface area contributed by atoms with Crippen LogP contribution in [-0.2, 0) is 19.2 Å². The Balaban J connectivity index is -0.0000000637. The molecule has 19 heavy (non-hydrogen) atoms. The SMILES string of the molecule is CC(=O)O.CC(=O)O.NC(CCC(=O)O)C(=O)O.[H-].[K+]. The minimum Gasteiger partial charge on any atom is -1.00 e. The quantitative estimate of drug-likeness (QED) is 0.331. The standard InChI is InChI=1S/C5H9NO4.2C2H4O2.K.H/c6-3(5(9)10)1-2-4(7)8;2*1-2(3)4;;/h3H,1-2,6H2,(H,7,8)(H,9,10);2*1H3,(H,3,4);;/q;;;+1;-1. The van der Waals surface area contributed by atoms with E-state index in [9.17, 15) is 9.59 Å². The second-order valence-electron chi connectivity index (χ2n) is 2.92. The van der Waals surface area contributed by atoms with E-state index in [0.717, 1.165) is 13.8 Å². The molecule has 0 heterocycles. The molecule has 10 heteroatoms. The van der Waals surface area contributed by atoms with Crippen LogP contribution in [0, 0.1) is 0 Å². The number of hydrogen-bond donors (Lipinski definition) is 5. The first kappa shape index (κ1) is 26.9. The van der Waals surface area contributed by atoms with Gasteiger partial charge in [0.2, 0.25) is 0 Å². The smallest absolute Gasteiger partial charge is 1.00 e. The van der Waals surface area contributed by atoms with Gasteiger partial charge in [0, 0.05) is 20.3 Å². The van der Waals surface area contributed by atoms with Crippen LogP contribution in [0.4, 0.5) is 0 Å². The van der Waals surface area contributed by atoms with Gasteiger partial charge >= 0.3 is 63.3 Å². The van der Waals surface area contributed by atoms with Crippen molar-refractivity contribution in [2.45, 2.75) is 32.7 Å². The molecule has 9 nitrogen and oxygen atoms in total. The first-order valence-corrected chi connectivity index (χ1v) is 4.59. The van der Waals surface area contributed by atoms with E-state index in [4.69, 9.17) is 35.7 Å². The number of carboxylic acid groups (broad SMARTS) is 4. The van der Waals surface area contributed by atoms with E-state index in [-0.39, 0.29) is 65.7 Å². The van der Waals surface area contributed by atoms with Crippen molar-refractivity contribution in [3.05, 3.63) is 0 Å². The van der Waals surface area contributed by atoms with Gasteiger partial charge in [-0.25, -0.2) is 0 Å². The molecule has 6 N–H and O–H groups in total. The maximum atomic E-state index is 9.99. The summed E-state index contributed by atoms with van der Waals surface area (Å²) in [6.45, 7) is 2.17. The van der Waals surface area contributed by atoms with Crippen LogP contribution in [0.1, 0.15) is 28.1 Å². The maximum absolute atomic E-state index is 9.99. The monoisotopic (exact) mass is 307 g/mol. The van der Waals surface area contributed by atoms with Crippen LogP contribution in [0.25, 0.3) is 0 Å². The molecule has 1 unspecified atom stereocenters. The van der Waals surface area contributed by atoms with E-state index in [1.54, 1.807) is 0 Å². The molecule has 0 aliphatic carbocycles.